The number of esters is 1. The number of carbonyl (C=O) groups excluding carboxylic acids is 6. The van der Waals surface area contributed by atoms with E-state index in [-0.39, 0.29) is 60.2 Å². The molecule has 1 saturated carbocycles. The lowest BCUT2D eigenvalue weighted by Crippen LogP contribution is -2.58. The number of amides is 6. The summed E-state index contributed by atoms with van der Waals surface area (Å²) in [7, 11) is -4.51. The lowest BCUT2D eigenvalue weighted by molar-refractivity contribution is -0.147. The van der Waals surface area contributed by atoms with Crippen LogP contribution in [0.4, 0.5) is 23.7 Å². The average Bonchev–Trinajstić information content (AvgIpc) is 3.68. The number of carbonyl (C=O) groups is 6. The lowest BCUT2D eigenvalue weighted by Gasteiger charge is -2.36. The van der Waals surface area contributed by atoms with Crippen LogP contribution in [0.1, 0.15) is 105 Å². The minimum absolute atomic E-state index is 0.0447. The van der Waals surface area contributed by atoms with E-state index >= 15 is 4.39 Å². The smallest absolute Gasteiger partial charge is 0.355 e. The molecule has 0 bridgehead atoms. The zero-order valence-corrected chi connectivity index (χ0v) is 36.6. The van der Waals surface area contributed by atoms with Crippen LogP contribution in [0.25, 0.3) is 10.1 Å². The van der Waals surface area contributed by atoms with E-state index in [1.54, 1.807) is 24.3 Å². The van der Waals surface area contributed by atoms with Crippen molar-refractivity contribution in [3.05, 3.63) is 89.1 Å². The predicted molar refractivity (Wildman–Crippen MR) is 228 cm³/mol. The monoisotopic (exact) mass is 922 g/mol. The van der Waals surface area contributed by atoms with Crippen LogP contribution in [0.5, 0.6) is 5.75 Å². The van der Waals surface area contributed by atoms with Gasteiger partial charge in [-0.2, -0.15) is 0 Å². The van der Waals surface area contributed by atoms with E-state index in [1.165, 1.54) is 42.2 Å². The molecule has 2 aromatic carbocycles. The Labute approximate surface area is 370 Å². The molecule has 2 N–H and O–H groups in total. The number of halogens is 3. The molecule has 1 spiro atoms. The summed E-state index contributed by atoms with van der Waals surface area (Å²) in [5.41, 5.74) is -2.21. The van der Waals surface area contributed by atoms with Gasteiger partial charge in [0, 0.05) is 22.5 Å². The van der Waals surface area contributed by atoms with Gasteiger partial charge in [0.1, 0.15) is 29.4 Å². The second-order valence-corrected chi connectivity index (χ2v) is 19.6. The Balaban J connectivity index is 0.997. The van der Waals surface area contributed by atoms with Crippen molar-refractivity contribution in [2.45, 2.75) is 114 Å². The number of alkyl halides is 3. The molecule has 2 aromatic heterocycles. The van der Waals surface area contributed by atoms with Gasteiger partial charge in [-0.3, -0.25) is 33.5 Å². The number of pyridine rings is 1. The molecule has 20 heteroatoms. The van der Waals surface area contributed by atoms with Crippen LogP contribution in [0.2, 0.25) is 0 Å². The van der Waals surface area contributed by atoms with Gasteiger partial charge in [-0.25, -0.2) is 32.9 Å². The van der Waals surface area contributed by atoms with E-state index in [2.05, 4.69) is 15.4 Å². The van der Waals surface area contributed by atoms with Crippen molar-refractivity contribution < 1.29 is 55.8 Å². The first-order valence-electron chi connectivity index (χ1n) is 21.2. The first-order valence-corrected chi connectivity index (χ1v) is 23.7. The summed E-state index contributed by atoms with van der Waals surface area (Å²) in [6.45, 7) is 3.34. The highest BCUT2D eigenvalue weighted by atomic mass is 32.1. The first-order chi connectivity index (χ1) is 30.7. The molecule has 6 amide bonds. The number of nitrogens with zero attached hydrogens (tertiary/aromatic N) is 4. The predicted octanol–water partition coefficient (Wildman–Crippen LogP) is 7.97. The van der Waals surface area contributed by atoms with Crippen LogP contribution in [-0.2, 0) is 28.5 Å². The van der Waals surface area contributed by atoms with Crippen molar-refractivity contribution in [1.29, 1.82) is 0 Å². The number of fused-ring (bicyclic) bond motifs is 2. The van der Waals surface area contributed by atoms with E-state index < -0.39 is 84.7 Å². The van der Waals surface area contributed by atoms with Crippen LogP contribution in [0, 0.1) is 0 Å². The summed E-state index contributed by atoms with van der Waals surface area (Å²) in [6, 6.07) is 10.2. The molecule has 64 heavy (non-hydrogen) atoms. The molecule has 8 rings (SSSR count). The number of nitrogens with one attached hydrogen (secondary N) is 2. The summed E-state index contributed by atoms with van der Waals surface area (Å²) in [5, 5.41) is 5.83. The van der Waals surface area contributed by atoms with Gasteiger partial charge in [-0.15, -0.1) is 11.3 Å². The lowest BCUT2D eigenvalue weighted by atomic mass is 9.99. The second kappa shape index (κ2) is 18.1. The Kier molecular flexibility index (Phi) is 12.7. The van der Waals surface area contributed by atoms with Gasteiger partial charge in [-0.05, 0) is 99.2 Å². The van der Waals surface area contributed by atoms with Crippen molar-refractivity contribution in [1.82, 2.24) is 25.2 Å². The minimum atomic E-state index is -4.51. The van der Waals surface area contributed by atoms with Crippen molar-refractivity contribution in [3.63, 3.8) is 0 Å². The zero-order chi connectivity index (χ0) is 45.5. The van der Waals surface area contributed by atoms with E-state index in [9.17, 15) is 42.1 Å². The normalized spacial score (nSPS) is 22.5. The topological polar surface area (TPSA) is 185 Å². The Morgan fingerprint density at radius 2 is 1.70 bits per heavy atom. The first kappa shape index (κ1) is 44.9. The fraction of sp³-hybridized carbons (Fsp3) is 0.432. The average molecular weight is 923 g/mol. The fourth-order valence-corrected chi connectivity index (χ4v) is 11.5. The molecule has 4 aliphatic rings. The number of thiophene rings is 1. The number of imide groups is 2. The van der Waals surface area contributed by atoms with Gasteiger partial charge in [-0.1, -0.05) is 44.0 Å². The molecule has 3 saturated heterocycles. The Bertz CT molecular complexity index is 2540. The molecule has 3 aliphatic heterocycles. The third-order valence-electron chi connectivity index (χ3n) is 12.0. The molecule has 5 heterocycles. The van der Waals surface area contributed by atoms with E-state index in [0.717, 1.165) is 34.7 Å². The van der Waals surface area contributed by atoms with E-state index in [4.69, 9.17) is 9.26 Å². The highest BCUT2D eigenvalue weighted by Gasteiger charge is 2.68. The Hall–Kier alpha value is -5.65. The molecule has 1 aliphatic carbocycles. The molecule has 4 aromatic rings. The van der Waals surface area contributed by atoms with Gasteiger partial charge in [0.15, 0.2) is 0 Å². The van der Waals surface area contributed by atoms with Crippen molar-refractivity contribution in [3.8, 4) is 5.75 Å². The van der Waals surface area contributed by atoms with Crippen LogP contribution < -0.4 is 19.8 Å². The standard InChI is InChI=1S/C44H46F3N6O9PS/c1-3-19-61-41(57)25(2)50-63(60,62-31-10-5-4-6-11-31)37(47)26-13-16-34-27(20-26)22-35(64-34)38(54)49-32-12-8-7-9-29-14-15-33(51(29)39(32)55)40(56)53-43(59)52(42(58)44(53)17-18-44)30-21-28(36(45)46)23-48-24-30/h4-6,10-11,13,16,20-25,29,32-33,36-37H,3,7-9,12,14-15,17-19H2,1-2H3,(H,49,54)(H,50,60)/t25-,29-,32-,33-,37+,63?/m0/s1. The molecule has 338 valence electrons. The van der Waals surface area contributed by atoms with E-state index in [0.29, 0.717) is 47.1 Å². The number of ether oxygens (including phenoxy) is 1. The zero-order valence-electron chi connectivity index (χ0n) is 34.9. The molecule has 1 unspecified atom stereocenters. The summed E-state index contributed by atoms with van der Waals surface area (Å²) in [6.07, 6.45) is 2.83. The number of para-hydroxylation sites is 1. The van der Waals surface area contributed by atoms with Crippen molar-refractivity contribution in [2.75, 3.05) is 11.5 Å². The Morgan fingerprint density at radius 3 is 2.42 bits per heavy atom. The largest absolute Gasteiger partial charge is 0.465 e. The summed E-state index contributed by atoms with van der Waals surface area (Å²) in [4.78, 5) is 90.0. The number of urea groups is 1. The fourth-order valence-electron chi connectivity index (χ4n) is 8.68. The summed E-state index contributed by atoms with van der Waals surface area (Å²) < 4.78 is 69.4. The van der Waals surface area contributed by atoms with Gasteiger partial charge in [0.2, 0.25) is 11.8 Å². The molecule has 15 nitrogen and oxygen atoms in total. The minimum Gasteiger partial charge on any atom is -0.465 e. The number of aromatic nitrogens is 1. The molecule has 6 atom stereocenters. The highest BCUT2D eigenvalue weighted by Crippen LogP contribution is 2.58. The second-order valence-electron chi connectivity index (χ2n) is 16.5. The molecular formula is C44H46F3N6O9PS. The number of anilines is 1. The molecule has 0 radical (unpaired) electrons. The quantitative estimate of drug-likeness (QED) is 0.0711. The maximum Gasteiger partial charge on any atom is 0.355 e. The van der Waals surface area contributed by atoms with Gasteiger partial charge in [0.05, 0.1) is 23.4 Å². The Morgan fingerprint density at radius 1 is 0.953 bits per heavy atom. The maximum absolute atomic E-state index is 16.6. The van der Waals surface area contributed by atoms with Gasteiger partial charge < -0.3 is 19.5 Å². The summed E-state index contributed by atoms with van der Waals surface area (Å²) in [5.74, 6) is -5.45. The van der Waals surface area contributed by atoms with Crippen molar-refractivity contribution in [2.24, 2.45) is 0 Å². The number of hydrogen-bond acceptors (Lipinski definition) is 11. The highest BCUT2D eigenvalue weighted by molar-refractivity contribution is 7.57. The third-order valence-corrected chi connectivity index (χ3v) is 15.3. The van der Waals surface area contributed by atoms with E-state index in [1.807, 2.05) is 6.92 Å². The van der Waals surface area contributed by atoms with Crippen molar-refractivity contribution >= 4 is 70.3 Å². The van der Waals surface area contributed by atoms with Crippen LogP contribution in [0.3, 0.4) is 0 Å². The molecule has 4 fully saturated rings. The van der Waals surface area contributed by atoms with Crippen LogP contribution in [0.15, 0.2) is 73.1 Å². The van der Waals surface area contributed by atoms with Gasteiger partial charge >= 0.3 is 19.5 Å². The van der Waals surface area contributed by atoms with Crippen LogP contribution in [-0.4, -0.2) is 86.7 Å². The summed E-state index contributed by atoms with van der Waals surface area (Å²) >= 11 is 1.09. The number of benzene rings is 2. The van der Waals surface area contributed by atoms with Gasteiger partial charge in [0.25, 0.3) is 24.1 Å². The SMILES string of the molecule is CCCOC(=O)[C@H](C)NP(=O)(Oc1ccccc1)[C@@H](F)c1ccc2sc(C(=O)N[C@H]3CCCC[C@H]4CC[C@@H](C(=O)N5C(=O)N(c6cncc(C(F)F)c6)C(=O)C56CC6)N4C3=O)cc2c1. The number of hydrogen-bond donors (Lipinski definition) is 2. The molecular weight excluding hydrogens is 877 g/mol. The number of rotatable bonds is 14. The third kappa shape index (κ3) is 8.52. The van der Waals surface area contributed by atoms with Crippen LogP contribution >= 0.6 is 18.9 Å². The maximum atomic E-state index is 16.6.